The van der Waals surface area contributed by atoms with Crippen molar-refractivity contribution in [2.24, 2.45) is 18.9 Å². The minimum Gasteiger partial charge on any atom is -0.344 e. The number of fused-ring (bicyclic) bond motifs is 2. The zero-order chi connectivity index (χ0) is 26.6. The summed E-state index contributed by atoms with van der Waals surface area (Å²) in [6.07, 6.45) is 6.25. The zero-order valence-corrected chi connectivity index (χ0v) is 22.1. The molecule has 2 amide bonds. The Morgan fingerprint density at radius 3 is 2.63 bits per heavy atom. The lowest BCUT2D eigenvalue weighted by molar-refractivity contribution is -0.135. The number of hydrogen-bond acceptors (Lipinski definition) is 6. The van der Waals surface area contributed by atoms with Crippen LogP contribution in [0.1, 0.15) is 36.0 Å². The number of hydrogen-bond donors (Lipinski definition) is 2. The number of H-pyrrole nitrogens is 1. The molecule has 2 aliphatic rings. The largest absolute Gasteiger partial charge is 0.344 e. The Morgan fingerprint density at radius 2 is 1.92 bits per heavy atom. The molecule has 38 heavy (non-hydrogen) atoms. The van der Waals surface area contributed by atoms with Crippen LogP contribution in [0.25, 0.3) is 33.5 Å². The molecule has 6 rings (SSSR count). The van der Waals surface area contributed by atoms with E-state index in [4.69, 9.17) is 33.4 Å². The van der Waals surface area contributed by atoms with Gasteiger partial charge in [-0.2, -0.15) is 10.4 Å². The average Bonchev–Trinajstić information content (AvgIpc) is 3.61. The molecule has 1 aliphatic carbocycles. The smallest absolute Gasteiger partial charge is 0.255 e. The van der Waals surface area contributed by atoms with Gasteiger partial charge in [0.2, 0.25) is 5.91 Å². The number of carbonyl (C=O) groups is 2. The number of aryl methyl sites for hydroxylation is 1. The lowest BCUT2D eigenvalue weighted by Crippen LogP contribution is -2.51. The summed E-state index contributed by atoms with van der Waals surface area (Å²) >= 11 is 12.5. The van der Waals surface area contributed by atoms with Gasteiger partial charge in [-0.25, -0.2) is 9.97 Å². The van der Waals surface area contributed by atoms with Crippen molar-refractivity contribution in [1.82, 2.24) is 34.9 Å². The van der Waals surface area contributed by atoms with Gasteiger partial charge in [-0.05, 0) is 43.7 Å². The van der Waals surface area contributed by atoms with Crippen LogP contribution in [0.5, 0.6) is 0 Å². The second-order valence-electron chi connectivity index (χ2n) is 9.93. The molecule has 4 heterocycles. The number of aromatic nitrogens is 5. The molecule has 1 saturated heterocycles. The van der Waals surface area contributed by atoms with Crippen LogP contribution in [0.15, 0.2) is 24.5 Å². The van der Waals surface area contributed by atoms with Crippen molar-refractivity contribution in [2.45, 2.75) is 31.7 Å². The number of benzene rings is 1. The number of nitrogens with zero attached hydrogens (tertiary/aromatic N) is 6. The lowest BCUT2D eigenvalue weighted by Gasteiger charge is -2.32. The molecule has 0 radical (unpaired) electrons. The summed E-state index contributed by atoms with van der Waals surface area (Å²) in [6, 6.07) is 5.17. The third-order valence-corrected chi connectivity index (χ3v) is 8.12. The topological polar surface area (TPSA) is 133 Å². The SMILES string of the molecule is Cn1nc(-c2cnc3[nH]cc(C(=O)NC(C(=O)N4CCC(C#N)CC4)C4CC4)c3n2)c2cc(Cl)c(Cl)cc21. The molecule has 0 bridgehead atoms. The molecular formula is C26H24Cl2N8O2. The molecule has 1 atom stereocenters. The summed E-state index contributed by atoms with van der Waals surface area (Å²) in [5.41, 5.74) is 2.97. The summed E-state index contributed by atoms with van der Waals surface area (Å²) < 4.78 is 1.69. The Balaban J connectivity index is 1.29. The average molecular weight is 551 g/mol. The highest BCUT2D eigenvalue weighted by Crippen LogP contribution is 2.35. The second-order valence-corrected chi connectivity index (χ2v) is 10.7. The van der Waals surface area contributed by atoms with E-state index in [1.54, 1.807) is 41.2 Å². The van der Waals surface area contributed by atoms with Gasteiger partial charge in [0.25, 0.3) is 5.91 Å². The fraction of sp³-hybridized carbons (Fsp3) is 0.385. The van der Waals surface area contributed by atoms with Crippen LogP contribution in [-0.4, -0.2) is 60.6 Å². The zero-order valence-electron chi connectivity index (χ0n) is 20.5. The van der Waals surface area contributed by atoms with E-state index in [1.807, 2.05) is 0 Å². The molecule has 1 unspecified atom stereocenters. The molecule has 2 fully saturated rings. The fourth-order valence-corrected chi connectivity index (χ4v) is 5.40. The minimum absolute atomic E-state index is 0.0174. The number of piperidine rings is 1. The van der Waals surface area contributed by atoms with Crippen molar-refractivity contribution in [3.8, 4) is 17.5 Å². The van der Waals surface area contributed by atoms with Gasteiger partial charge in [0, 0.05) is 37.6 Å². The molecule has 1 aromatic carbocycles. The first kappa shape index (κ1) is 24.6. The Morgan fingerprint density at radius 1 is 1.18 bits per heavy atom. The van der Waals surface area contributed by atoms with Gasteiger partial charge in [0.15, 0.2) is 5.65 Å². The highest BCUT2D eigenvalue weighted by Gasteiger charge is 2.40. The van der Waals surface area contributed by atoms with Crippen LogP contribution in [0, 0.1) is 23.2 Å². The summed E-state index contributed by atoms with van der Waals surface area (Å²) in [5, 5.41) is 18.3. The number of amides is 2. The summed E-state index contributed by atoms with van der Waals surface area (Å²) in [7, 11) is 1.80. The summed E-state index contributed by atoms with van der Waals surface area (Å²) in [4.78, 5) is 40.7. The molecule has 1 aliphatic heterocycles. The van der Waals surface area contributed by atoms with Crippen molar-refractivity contribution in [3.63, 3.8) is 0 Å². The van der Waals surface area contributed by atoms with Crippen LogP contribution in [0.3, 0.4) is 0 Å². The van der Waals surface area contributed by atoms with E-state index in [0.29, 0.717) is 64.1 Å². The second kappa shape index (κ2) is 9.57. The van der Waals surface area contributed by atoms with E-state index >= 15 is 0 Å². The van der Waals surface area contributed by atoms with Crippen molar-refractivity contribution in [1.29, 1.82) is 5.26 Å². The number of halogens is 2. The van der Waals surface area contributed by atoms with Gasteiger partial charge >= 0.3 is 0 Å². The number of nitrogens with one attached hydrogen (secondary N) is 2. The maximum atomic E-state index is 13.4. The highest BCUT2D eigenvalue weighted by molar-refractivity contribution is 6.42. The van der Waals surface area contributed by atoms with Gasteiger partial charge in [0.1, 0.15) is 22.9 Å². The van der Waals surface area contributed by atoms with Gasteiger partial charge in [-0.3, -0.25) is 14.3 Å². The quantitative estimate of drug-likeness (QED) is 0.384. The van der Waals surface area contributed by atoms with E-state index in [0.717, 1.165) is 23.7 Å². The molecule has 12 heteroatoms. The van der Waals surface area contributed by atoms with Gasteiger partial charge < -0.3 is 15.2 Å². The third-order valence-electron chi connectivity index (χ3n) is 7.40. The van der Waals surface area contributed by atoms with Gasteiger partial charge in [0.05, 0.1) is 33.4 Å². The Kier molecular flexibility index (Phi) is 6.20. The Labute approximate surface area is 227 Å². The van der Waals surface area contributed by atoms with Crippen LogP contribution in [-0.2, 0) is 11.8 Å². The van der Waals surface area contributed by atoms with Crippen LogP contribution in [0.4, 0.5) is 0 Å². The molecule has 0 spiro atoms. The number of likely N-dealkylation sites (tertiary alicyclic amines) is 1. The third kappa shape index (κ3) is 4.36. The maximum absolute atomic E-state index is 13.4. The number of carbonyl (C=O) groups excluding carboxylic acids is 2. The van der Waals surface area contributed by atoms with E-state index in [-0.39, 0.29) is 23.7 Å². The minimum atomic E-state index is -0.603. The predicted octanol–water partition coefficient (Wildman–Crippen LogP) is 4.09. The molecule has 4 aromatic rings. The van der Waals surface area contributed by atoms with E-state index in [1.165, 1.54) is 0 Å². The van der Waals surface area contributed by atoms with E-state index < -0.39 is 6.04 Å². The molecule has 1 saturated carbocycles. The normalized spacial score (nSPS) is 17.1. The summed E-state index contributed by atoms with van der Waals surface area (Å²) in [5.74, 6) is -0.375. The van der Waals surface area contributed by atoms with Gasteiger partial charge in [-0.15, -0.1) is 0 Å². The summed E-state index contributed by atoms with van der Waals surface area (Å²) in [6.45, 7) is 1.07. The fourth-order valence-electron chi connectivity index (χ4n) is 5.07. The number of nitriles is 1. The standard InChI is InChI=1S/C26H24Cl2N8O2/c1-35-20-9-18(28)17(27)8-15(20)22(34-35)19-12-31-24-23(32-19)16(11-30-24)25(37)33-21(14-2-3-14)26(38)36-6-4-13(10-29)5-7-36/h8-9,11-14,21H,2-7H2,1H3,(H,30,31)(H,33,37). The van der Waals surface area contributed by atoms with Crippen molar-refractivity contribution < 1.29 is 9.59 Å². The monoisotopic (exact) mass is 550 g/mol. The Hall–Kier alpha value is -3.68. The molecular weight excluding hydrogens is 527 g/mol. The lowest BCUT2D eigenvalue weighted by atomic mass is 9.97. The van der Waals surface area contributed by atoms with Crippen molar-refractivity contribution in [3.05, 3.63) is 40.1 Å². The van der Waals surface area contributed by atoms with E-state index in [2.05, 4.69) is 26.5 Å². The van der Waals surface area contributed by atoms with Crippen LogP contribution >= 0.6 is 23.2 Å². The predicted molar refractivity (Wildman–Crippen MR) is 143 cm³/mol. The first-order chi connectivity index (χ1) is 18.3. The first-order valence-corrected chi connectivity index (χ1v) is 13.2. The first-order valence-electron chi connectivity index (χ1n) is 12.5. The van der Waals surface area contributed by atoms with Crippen LogP contribution in [0.2, 0.25) is 10.0 Å². The van der Waals surface area contributed by atoms with Crippen LogP contribution < -0.4 is 5.32 Å². The maximum Gasteiger partial charge on any atom is 0.255 e. The molecule has 10 nitrogen and oxygen atoms in total. The van der Waals surface area contributed by atoms with Crippen molar-refractivity contribution in [2.75, 3.05) is 13.1 Å². The number of rotatable bonds is 5. The number of aromatic amines is 1. The highest BCUT2D eigenvalue weighted by atomic mass is 35.5. The molecule has 3 aromatic heterocycles. The van der Waals surface area contributed by atoms with Gasteiger partial charge in [-0.1, -0.05) is 23.2 Å². The van der Waals surface area contributed by atoms with Crippen molar-refractivity contribution >= 4 is 57.1 Å². The molecule has 194 valence electrons. The van der Waals surface area contributed by atoms with E-state index in [9.17, 15) is 9.59 Å². The Bertz CT molecular complexity index is 1630. The molecule has 2 N–H and O–H groups in total.